The molecular formula is C20H31NO. The van der Waals surface area contributed by atoms with Crippen LogP contribution in [0.2, 0.25) is 0 Å². The van der Waals surface area contributed by atoms with Crippen LogP contribution >= 0.6 is 0 Å². The van der Waals surface area contributed by atoms with Crippen LogP contribution in [0.4, 0.5) is 0 Å². The SMILES string of the molecule is CNCCC1(C)/C(=C\C=O)CCC2C3CC=CC3(C)CCC21. The van der Waals surface area contributed by atoms with E-state index < -0.39 is 0 Å². The molecule has 0 aromatic heterocycles. The van der Waals surface area contributed by atoms with E-state index in [0.29, 0.717) is 5.41 Å². The van der Waals surface area contributed by atoms with E-state index in [9.17, 15) is 4.79 Å². The van der Waals surface area contributed by atoms with Gasteiger partial charge >= 0.3 is 0 Å². The molecule has 0 saturated heterocycles. The Morgan fingerprint density at radius 2 is 2.14 bits per heavy atom. The molecule has 0 amide bonds. The minimum atomic E-state index is 0.205. The van der Waals surface area contributed by atoms with E-state index in [-0.39, 0.29) is 5.41 Å². The van der Waals surface area contributed by atoms with Crippen molar-refractivity contribution < 1.29 is 4.79 Å². The average molecular weight is 301 g/mol. The van der Waals surface area contributed by atoms with Gasteiger partial charge in [-0.05, 0) is 86.8 Å². The van der Waals surface area contributed by atoms with Gasteiger partial charge in [0.15, 0.2) is 0 Å². The smallest absolute Gasteiger partial charge is 0.142 e. The lowest BCUT2D eigenvalue weighted by molar-refractivity contribution is -0.104. The topological polar surface area (TPSA) is 29.1 Å². The molecule has 0 spiro atoms. The lowest BCUT2D eigenvalue weighted by Crippen LogP contribution is -2.49. The molecule has 3 aliphatic rings. The van der Waals surface area contributed by atoms with Gasteiger partial charge in [0.1, 0.15) is 6.29 Å². The van der Waals surface area contributed by atoms with Gasteiger partial charge in [-0.2, -0.15) is 0 Å². The molecule has 0 radical (unpaired) electrons. The Morgan fingerprint density at radius 1 is 1.32 bits per heavy atom. The molecule has 2 heteroatoms. The Bertz CT molecular complexity index is 494. The summed E-state index contributed by atoms with van der Waals surface area (Å²) in [6.45, 7) is 5.94. The summed E-state index contributed by atoms with van der Waals surface area (Å²) >= 11 is 0. The number of fused-ring (bicyclic) bond motifs is 3. The maximum Gasteiger partial charge on any atom is 0.142 e. The van der Waals surface area contributed by atoms with Gasteiger partial charge in [-0.1, -0.05) is 31.6 Å². The molecule has 2 saturated carbocycles. The highest BCUT2D eigenvalue weighted by atomic mass is 16.1. The summed E-state index contributed by atoms with van der Waals surface area (Å²) in [6.07, 6.45) is 15.3. The second-order valence-corrected chi connectivity index (χ2v) is 8.20. The van der Waals surface area contributed by atoms with Crippen molar-refractivity contribution in [1.82, 2.24) is 5.32 Å². The molecule has 3 rings (SSSR count). The normalized spacial score (nSPS) is 45.6. The Labute approximate surface area is 135 Å². The van der Waals surface area contributed by atoms with Crippen LogP contribution in [0.1, 0.15) is 52.4 Å². The molecule has 1 N–H and O–H groups in total. The summed E-state index contributed by atoms with van der Waals surface area (Å²) in [5.41, 5.74) is 2.06. The van der Waals surface area contributed by atoms with Crippen LogP contribution in [0, 0.1) is 28.6 Å². The fourth-order valence-electron chi connectivity index (χ4n) is 5.90. The summed E-state index contributed by atoms with van der Waals surface area (Å²) < 4.78 is 0. The van der Waals surface area contributed by atoms with Crippen molar-refractivity contribution in [2.75, 3.05) is 13.6 Å². The standard InChI is InChI=1S/C20H31NO/c1-19-10-4-5-17(19)16-7-6-15(9-14-22)20(2,12-13-21-3)18(16)8-11-19/h4,9-10,14,16-18,21H,5-8,11-13H2,1-3H3/b15-9-. The molecule has 2 nitrogen and oxygen atoms in total. The van der Waals surface area contributed by atoms with Gasteiger partial charge in [-0.3, -0.25) is 4.79 Å². The lowest BCUT2D eigenvalue weighted by Gasteiger charge is -2.56. The first-order chi connectivity index (χ1) is 10.5. The molecule has 5 atom stereocenters. The lowest BCUT2D eigenvalue weighted by atomic mass is 9.48. The van der Waals surface area contributed by atoms with Gasteiger partial charge < -0.3 is 5.32 Å². The zero-order valence-electron chi connectivity index (χ0n) is 14.4. The highest BCUT2D eigenvalue weighted by Gasteiger charge is 2.54. The van der Waals surface area contributed by atoms with Gasteiger partial charge in [-0.25, -0.2) is 0 Å². The molecule has 22 heavy (non-hydrogen) atoms. The quantitative estimate of drug-likeness (QED) is 0.480. The number of hydrogen-bond donors (Lipinski definition) is 1. The highest BCUT2D eigenvalue weighted by molar-refractivity contribution is 5.66. The van der Waals surface area contributed by atoms with Crippen LogP contribution in [-0.2, 0) is 4.79 Å². The fraction of sp³-hybridized carbons (Fsp3) is 0.750. The zero-order chi connectivity index (χ0) is 15.8. The van der Waals surface area contributed by atoms with E-state index in [0.717, 1.165) is 43.4 Å². The first kappa shape index (κ1) is 16.0. The molecule has 0 aromatic carbocycles. The van der Waals surface area contributed by atoms with E-state index >= 15 is 0 Å². The molecule has 3 aliphatic carbocycles. The predicted octanol–water partition coefficient (Wildman–Crippen LogP) is 4.13. The predicted molar refractivity (Wildman–Crippen MR) is 91.6 cm³/mol. The number of rotatable bonds is 4. The minimum absolute atomic E-state index is 0.205. The average Bonchev–Trinajstić information content (AvgIpc) is 2.90. The van der Waals surface area contributed by atoms with Crippen molar-refractivity contribution in [3.05, 3.63) is 23.8 Å². The van der Waals surface area contributed by atoms with Crippen molar-refractivity contribution in [1.29, 1.82) is 0 Å². The second kappa shape index (κ2) is 5.96. The minimum Gasteiger partial charge on any atom is -0.320 e. The molecule has 122 valence electrons. The zero-order valence-corrected chi connectivity index (χ0v) is 14.4. The van der Waals surface area contributed by atoms with Crippen LogP contribution in [0.5, 0.6) is 0 Å². The monoisotopic (exact) mass is 301 g/mol. The molecule has 0 bridgehead atoms. The number of hydrogen-bond acceptors (Lipinski definition) is 2. The second-order valence-electron chi connectivity index (χ2n) is 8.20. The third-order valence-corrected chi connectivity index (χ3v) is 7.23. The van der Waals surface area contributed by atoms with Crippen LogP contribution in [0.25, 0.3) is 0 Å². The van der Waals surface area contributed by atoms with Crippen molar-refractivity contribution in [3.8, 4) is 0 Å². The third-order valence-electron chi connectivity index (χ3n) is 7.23. The highest BCUT2D eigenvalue weighted by Crippen LogP contribution is 2.62. The summed E-state index contributed by atoms with van der Waals surface area (Å²) in [4.78, 5) is 11.1. The van der Waals surface area contributed by atoms with Crippen molar-refractivity contribution in [2.45, 2.75) is 52.4 Å². The summed E-state index contributed by atoms with van der Waals surface area (Å²) in [7, 11) is 2.03. The Balaban J connectivity index is 1.91. The van der Waals surface area contributed by atoms with E-state index in [1.807, 2.05) is 13.1 Å². The first-order valence-corrected chi connectivity index (χ1v) is 9.02. The maximum atomic E-state index is 11.1. The van der Waals surface area contributed by atoms with Crippen molar-refractivity contribution in [2.24, 2.45) is 28.6 Å². The summed E-state index contributed by atoms with van der Waals surface area (Å²) in [6, 6.07) is 0. The van der Waals surface area contributed by atoms with Gasteiger partial charge in [0.25, 0.3) is 0 Å². The molecular weight excluding hydrogens is 270 g/mol. The largest absolute Gasteiger partial charge is 0.320 e. The molecule has 0 heterocycles. The Morgan fingerprint density at radius 3 is 2.86 bits per heavy atom. The number of carbonyl (C=O) groups is 1. The van der Waals surface area contributed by atoms with Crippen molar-refractivity contribution in [3.63, 3.8) is 0 Å². The Kier molecular flexibility index (Phi) is 4.33. The first-order valence-electron chi connectivity index (χ1n) is 9.02. The van der Waals surface area contributed by atoms with E-state index in [4.69, 9.17) is 0 Å². The summed E-state index contributed by atoms with van der Waals surface area (Å²) in [5.74, 6) is 2.41. The molecule has 5 unspecified atom stereocenters. The number of allylic oxidation sites excluding steroid dienone is 4. The van der Waals surface area contributed by atoms with Gasteiger partial charge in [0.05, 0.1) is 0 Å². The van der Waals surface area contributed by atoms with Crippen LogP contribution in [0.3, 0.4) is 0 Å². The van der Waals surface area contributed by atoms with Gasteiger partial charge in [-0.15, -0.1) is 0 Å². The van der Waals surface area contributed by atoms with Crippen LogP contribution in [-0.4, -0.2) is 19.9 Å². The number of aldehydes is 1. The summed E-state index contributed by atoms with van der Waals surface area (Å²) in [5, 5.41) is 3.32. The maximum absolute atomic E-state index is 11.1. The third kappa shape index (κ3) is 2.40. The van der Waals surface area contributed by atoms with E-state index in [2.05, 4.69) is 31.3 Å². The van der Waals surface area contributed by atoms with Gasteiger partial charge in [0, 0.05) is 0 Å². The molecule has 0 aliphatic heterocycles. The number of carbonyl (C=O) groups excluding carboxylic acids is 1. The molecule has 0 aromatic rings. The van der Waals surface area contributed by atoms with Crippen LogP contribution < -0.4 is 5.32 Å². The molecule has 2 fully saturated rings. The van der Waals surface area contributed by atoms with E-state index in [1.165, 1.54) is 31.3 Å². The van der Waals surface area contributed by atoms with Crippen LogP contribution in [0.15, 0.2) is 23.8 Å². The fourth-order valence-corrected chi connectivity index (χ4v) is 5.90. The van der Waals surface area contributed by atoms with Crippen molar-refractivity contribution >= 4 is 6.29 Å². The number of nitrogens with one attached hydrogen (secondary N) is 1. The van der Waals surface area contributed by atoms with E-state index in [1.54, 1.807) is 0 Å². The Hall–Kier alpha value is -0.890. The van der Waals surface area contributed by atoms with Gasteiger partial charge in [0.2, 0.25) is 0 Å².